The van der Waals surface area contributed by atoms with E-state index in [1.165, 1.54) is 12.1 Å². The Labute approximate surface area is 113 Å². The van der Waals surface area contributed by atoms with Crippen molar-refractivity contribution in [3.63, 3.8) is 0 Å². The summed E-state index contributed by atoms with van der Waals surface area (Å²) in [7, 11) is 0. The molecule has 1 N–H and O–H groups in total. The summed E-state index contributed by atoms with van der Waals surface area (Å²) in [6.07, 6.45) is 0. The molecule has 0 aliphatic heterocycles. The molecular formula is C14H11BrFNO. The monoisotopic (exact) mass is 307 g/mol. The molecule has 1 amide bonds. The van der Waals surface area contributed by atoms with E-state index in [0.29, 0.717) is 5.69 Å². The summed E-state index contributed by atoms with van der Waals surface area (Å²) in [6.45, 7) is 1.97. The van der Waals surface area contributed by atoms with Gasteiger partial charge in [-0.15, -0.1) is 0 Å². The summed E-state index contributed by atoms with van der Waals surface area (Å²) in [4.78, 5) is 12.0. The number of amides is 1. The van der Waals surface area contributed by atoms with Gasteiger partial charge < -0.3 is 5.32 Å². The lowest BCUT2D eigenvalue weighted by atomic mass is 10.2. The Morgan fingerprint density at radius 2 is 1.83 bits per heavy atom. The summed E-state index contributed by atoms with van der Waals surface area (Å²) in [6, 6.07) is 11.8. The van der Waals surface area contributed by atoms with Crippen molar-refractivity contribution in [3.05, 3.63) is 63.9 Å². The van der Waals surface area contributed by atoms with Crippen LogP contribution in [0.3, 0.4) is 0 Å². The predicted octanol–water partition coefficient (Wildman–Crippen LogP) is 4.15. The van der Waals surface area contributed by atoms with E-state index in [1.807, 2.05) is 19.1 Å². The van der Waals surface area contributed by atoms with E-state index in [1.54, 1.807) is 18.2 Å². The molecule has 0 heterocycles. The third-order valence-electron chi connectivity index (χ3n) is 2.51. The van der Waals surface area contributed by atoms with Crippen LogP contribution in [0.2, 0.25) is 0 Å². The number of nitrogens with one attached hydrogen (secondary N) is 1. The van der Waals surface area contributed by atoms with Crippen molar-refractivity contribution in [2.24, 2.45) is 0 Å². The number of carbonyl (C=O) groups is 1. The summed E-state index contributed by atoms with van der Waals surface area (Å²) in [5.74, 6) is -0.795. The average molecular weight is 308 g/mol. The maximum atomic E-state index is 13.3. The van der Waals surface area contributed by atoms with E-state index in [9.17, 15) is 9.18 Å². The van der Waals surface area contributed by atoms with Gasteiger partial charge in [0.05, 0.1) is 10.0 Å². The normalized spacial score (nSPS) is 10.2. The van der Waals surface area contributed by atoms with Crippen molar-refractivity contribution in [1.29, 1.82) is 0 Å². The fourth-order valence-corrected chi connectivity index (χ4v) is 1.96. The number of hydrogen-bond acceptors (Lipinski definition) is 1. The molecule has 0 saturated carbocycles. The lowest BCUT2D eigenvalue weighted by Gasteiger charge is -2.07. The zero-order valence-electron chi connectivity index (χ0n) is 9.71. The van der Waals surface area contributed by atoms with Gasteiger partial charge in [0, 0.05) is 5.69 Å². The van der Waals surface area contributed by atoms with Crippen molar-refractivity contribution in [1.82, 2.24) is 0 Å². The number of benzene rings is 2. The van der Waals surface area contributed by atoms with Crippen LogP contribution in [0.5, 0.6) is 0 Å². The molecule has 0 fully saturated rings. The van der Waals surface area contributed by atoms with Crippen LogP contribution in [0.1, 0.15) is 15.9 Å². The Balaban J connectivity index is 2.22. The minimum atomic E-state index is -0.452. The minimum Gasteiger partial charge on any atom is -0.322 e. The second-order valence-corrected chi connectivity index (χ2v) is 4.71. The molecule has 0 radical (unpaired) electrons. The fraction of sp³-hybridized carbons (Fsp3) is 0.0714. The first-order valence-corrected chi connectivity index (χ1v) is 6.19. The largest absolute Gasteiger partial charge is 0.322 e. The van der Waals surface area contributed by atoms with Gasteiger partial charge in [-0.3, -0.25) is 4.79 Å². The van der Waals surface area contributed by atoms with Gasteiger partial charge in [-0.25, -0.2) is 4.39 Å². The highest BCUT2D eigenvalue weighted by atomic mass is 79.9. The van der Waals surface area contributed by atoms with Crippen molar-refractivity contribution in [2.75, 3.05) is 5.32 Å². The smallest absolute Gasteiger partial charge is 0.256 e. The molecule has 0 saturated heterocycles. The standard InChI is InChI=1S/C14H11BrFNO/c1-9-5-7-10(8-6-9)17-14(18)11-3-2-4-12(16)13(11)15/h2-8H,1H3,(H,17,18). The molecule has 0 aliphatic rings. The Morgan fingerprint density at radius 1 is 1.17 bits per heavy atom. The molecule has 0 aromatic heterocycles. The van der Waals surface area contributed by atoms with E-state index in [-0.39, 0.29) is 15.9 Å². The van der Waals surface area contributed by atoms with E-state index in [2.05, 4.69) is 21.2 Å². The molecule has 92 valence electrons. The average Bonchev–Trinajstić information content (AvgIpc) is 2.35. The zero-order valence-corrected chi connectivity index (χ0v) is 11.3. The molecule has 2 aromatic rings. The van der Waals surface area contributed by atoms with Gasteiger partial charge in [0.15, 0.2) is 0 Å². The number of halogens is 2. The molecule has 0 bridgehead atoms. The highest BCUT2D eigenvalue weighted by Crippen LogP contribution is 2.21. The SMILES string of the molecule is Cc1ccc(NC(=O)c2cccc(F)c2Br)cc1. The first-order chi connectivity index (χ1) is 8.58. The number of carbonyl (C=O) groups excluding carboxylic acids is 1. The van der Waals surface area contributed by atoms with Gasteiger partial charge in [-0.1, -0.05) is 23.8 Å². The predicted molar refractivity (Wildman–Crippen MR) is 73.2 cm³/mol. The van der Waals surface area contributed by atoms with E-state index >= 15 is 0 Å². The highest BCUT2D eigenvalue weighted by molar-refractivity contribution is 9.10. The van der Waals surface area contributed by atoms with Crippen LogP contribution < -0.4 is 5.32 Å². The lowest BCUT2D eigenvalue weighted by molar-refractivity contribution is 0.102. The molecule has 4 heteroatoms. The Bertz CT molecular complexity index is 581. The molecule has 2 aromatic carbocycles. The van der Waals surface area contributed by atoms with Crippen LogP contribution in [-0.2, 0) is 0 Å². The Hall–Kier alpha value is -1.68. The van der Waals surface area contributed by atoms with Gasteiger partial charge in [-0.05, 0) is 47.1 Å². The summed E-state index contributed by atoms with van der Waals surface area (Å²) in [5, 5.41) is 2.72. The van der Waals surface area contributed by atoms with E-state index < -0.39 is 5.82 Å². The van der Waals surface area contributed by atoms with Crippen molar-refractivity contribution >= 4 is 27.5 Å². The first-order valence-electron chi connectivity index (χ1n) is 5.40. The first kappa shape index (κ1) is 12.8. The molecule has 18 heavy (non-hydrogen) atoms. The van der Waals surface area contributed by atoms with Crippen LogP contribution in [-0.4, -0.2) is 5.91 Å². The molecule has 0 unspecified atom stereocenters. The number of aryl methyl sites for hydroxylation is 1. The molecule has 0 atom stereocenters. The van der Waals surface area contributed by atoms with Gasteiger partial charge in [0.2, 0.25) is 0 Å². The van der Waals surface area contributed by atoms with Gasteiger partial charge in [-0.2, -0.15) is 0 Å². The van der Waals surface area contributed by atoms with Gasteiger partial charge in [0.1, 0.15) is 5.82 Å². The second kappa shape index (κ2) is 5.31. The Kier molecular flexibility index (Phi) is 3.77. The van der Waals surface area contributed by atoms with Crippen molar-refractivity contribution < 1.29 is 9.18 Å². The molecule has 0 spiro atoms. The van der Waals surface area contributed by atoms with Crippen molar-refractivity contribution in [3.8, 4) is 0 Å². The molecular weight excluding hydrogens is 297 g/mol. The van der Waals surface area contributed by atoms with Crippen molar-refractivity contribution in [2.45, 2.75) is 6.92 Å². The highest BCUT2D eigenvalue weighted by Gasteiger charge is 2.12. The second-order valence-electron chi connectivity index (χ2n) is 3.92. The van der Waals surface area contributed by atoms with Crippen LogP contribution in [0.15, 0.2) is 46.9 Å². The summed E-state index contributed by atoms with van der Waals surface area (Å²) < 4.78 is 13.5. The third-order valence-corrected chi connectivity index (χ3v) is 3.31. The molecule has 0 aliphatic carbocycles. The maximum Gasteiger partial charge on any atom is 0.256 e. The zero-order chi connectivity index (χ0) is 13.1. The third kappa shape index (κ3) is 2.76. The van der Waals surface area contributed by atoms with E-state index in [4.69, 9.17) is 0 Å². The summed E-state index contributed by atoms with van der Waals surface area (Å²) in [5.41, 5.74) is 2.07. The molecule has 2 rings (SSSR count). The number of anilines is 1. The van der Waals surface area contributed by atoms with E-state index in [0.717, 1.165) is 5.56 Å². The quantitative estimate of drug-likeness (QED) is 0.887. The minimum absolute atomic E-state index is 0.176. The van der Waals surface area contributed by atoms with Crippen LogP contribution >= 0.6 is 15.9 Å². The number of hydrogen-bond donors (Lipinski definition) is 1. The summed E-state index contributed by atoms with van der Waals surface area (Å²) >= 11 is 3.07. The number of rotatable bonds is 2. The Morgan fingerprint density at radius 3 is 2.50 bits per heavy atom. The van der Waals surface area contributed by atoms with Crippen LogP contribution in [0.4, 0.5) is 10.1 Å². The van der Waals surface area contributed by atoms with Gasteiger partial charge in [0.25, 0.3) is 5.91 Å². The molecule has 2 nitrogen and oxygen atoms in total. The van der Waals surface area contributed by atoms with Crippen LogP contribution in [0, 0.1) is 12.7 Å². The van der Waals surface area contributed by atoms with Gasteiger partial charge >= 0.3 is 0 Å². The van der Waals surface area contributed by atoms with Crippen LogP contribution in [0.25, 0.3) is 0 Å². The maximum absolute atomic E-state index is 13.3. The lowest BCUT2D eigenvalue weighted by Crippen LogP contribution is -2.13. The topological polar surface area (TPSA) is 29.1 Å². The fourth-order valence-electron chi connectivity index (χ4n) is 1.51.